The lowest BCUT2D eigenvalue weighted by Crippen LogP contribution is -2.52. The molecule has 1 aliphatic rings. The van der Waals surface area contributed by atoms with Crippen molar-refractivity contribution in [2.45, 2.75) is 105 Å². The summed E-state index contributed by atoms with van der Waals surface area (Å²) < 4.78 is 0. The monoisotopic (exact) mass is 282 g/mol. The second-order valence-corrected chi connectivity index (χ2v) is 8.02. The second-order valence-electron chi connectivity index (χ2n) is 8.02. The first-order valence-electron chi connectivity index (χ1n) is 8.85. The van der Waals surface area contributed by atoms with Gasteiger partial charge in [0.2, 0.25) is 0 Å². The fourth-order valence-electron chi connectivity index (χ4n) is 3.17. The Hall–Kier alpha value is -0.0800. The zero-order valence-corrected chi connectivity index (χ0v) is 14.8. The van der Waals surface area contributed by atoms with Crippen LogP contribution < -0.4 is 10.6 Å². The third-order valence-corrected chi connectivity index (χ3v) is 5.06. The number of hydrogen-bond donors (Lipinski definition) is 2. The zero-order chi connectivity index (χ0) is 15.2. The van der Waals surface area contributed by atoms with Crippen LogP contribution in [0.4, 0.5) is 0 Å². The summed E-state index contributed by atoms with van der Waals surface area (Å²) in [6.07, 6.45) is 10.2. The van der Waals surface area contributed by atoms with Gasteiger partial charge in [0.05, 0.1) is 6.17 Å². The Morgan fingerprint density at radius 1 is 1.00 bits per heavy atom. The van der Waals surface area contributed by atoms with Gasteiger partial charge in [0, 0.05) is 12.1 Å². The van der Waals surface area contributed by atoms with Crippen molar-refractivity contribution in [1.29, 1.82) is 0 Å². The lowest BCUT2D eigenvalue weighted by Gasteiger charge is -2.34. The molecule has 0 aliphatic heterocycles. The fraction of sp³-hybridized carbons (Fsp3) is 1.00. The molecule has 2 heteroatoms. The highest BCUT2D eigenvalue weighted by Crippen LogP contribution is 2.27. The predicted octanol–water partition coefficient (Wildman–Crippen LogP) is 4.70. The molecule has 3 atom stereocenters. The van der Waals surface area contributed by atoms with E-state index in [2.05, 4.69) is 52.2 Å². The highest BCUT2D eigenvalue weighted by Gasteiger charge is 2.23. The van der Waals surface area contributed by atoms with E-state index in [1.165, 1.54) is 38.5 Å². The van der Waals surface area contributed by atoms with E-state index in [0.29, 0.717) is 23.7 Å². The summed E-state index contributed by atoms with van der Waals surface area (Å²) >= 11 is 0. The van der Waals surface area contributed by atoms with Gasteiger partial charge in [-0.1, -0.05) is 59.8 Å². The molecule has 1 fully saturated rings. The molecule has 0 aromatic carbocycles. The first-order valence-corrected chi connectivity index (χ1v) is 8.85. The van der Waals surface area contributed by atoms with Gasteiger partial charge in [-0.25, -0.2) is 0 Å². The summed E-state index contributed by atoms with van der Waals surface area (Å²) in [5.74, 6) is 0.962. The summed E-state index contributed by atoms with van der Waals surface area (Å²) in [5, 5.41) is 7.57. The molecule has 0 heterocycles. The highest BCUT2D eigenvalue weighted by molar-refractivity contribution is 4.81. The predicted molar refractivity (Wildman–Crippen MR) is 89.9 cm³/mol. The van der Waals surface area contributed by atoms with Gasteiger partial charge in [0.15, 0.2) is 0 Å². The van der Waals surface area contributed by atoms with Crippen LogP contribution in [0.2, 0.25) is 0 Å². The van der Waals surface area contributed by atoms with E-state index < -0.39 is 0 Å². The van der Waals surface area contributed by atoms with Crippen LogP contribution in [0, 0.1) is 11.3 Å². The Morgan fingerprint density at radius 3 is 2.10 bits per heavy atom. The molecule has 20 heavy (non-hydrogen) atoms. The van der Waals surface area contributed by atoms with E-state index >= 15 is 0 Å². The van der Waals surface area contributed by atoms with Crippen LogP contribution in [-0.2, 0) is 0 Å². The Balaban J connectivity index is 2.34. The van der Waals surface area contributed by atoms with E-state index in [4.69, 9.17) is 0 Å². The molecule has 0 aromatic heterocycles. The molecular weight excluding hydrogens is 244 g/mol. The van der Waals surface area contributed by atoms with Crippen LogP contribution in [0.15, 0.2) is 0 Å². The molecule has 0 saturated heterocycles. The standard InChI is InChI=1S/C18H38N2/c1-7-17(20-15(3)18(4,5)6)19-14(2)13-16-11-9-8-10-12-16/h14-17,19-20H,7-13H2,1-6H3. The summed E-state index contributed by atoms with van der Waals surface area (Å²) in [6.45, 7) is 13.9. The molecule has 1 aliphatic carbocycles. The van der Waals surface area contributed by atoms with Gasteiger partial charge in [-0.05, 0) is 38.0 Å². The van der Waals surface area contributed by atoms with Gasteiger partial charge in [-0.2, -0.15) is 0 Å². The first kappa shape index (κ1) is 18.0. The topological polar surface area (TPSA) is 24.1 Å². The molecule has 120 valence electrons. The molecule has 1 saturated carbocycles. The van der Waals surface area contributed by atoms with Gasteiger partial charge in [-0.3, -0.25) is 10.6 Å². The lowest BCUT2D eigenvalue weighted by molar-refractivity contribution is 0.222. The molecule has 0 radical (unpaired) electrons. The molecular formula is C18H38N2. The summed E-state index contributed by atoms with van der Waals surface area (Å²) in [4.78, 5) is 0. The largest absolute Gasteiger partial charge is 0.299 e. The van der Waals surface area contributed by atoms with Crippen LogP contribution >= 0.6 is 0 Å². The Bertz CT molecular complexity index is 251. The molecule has 2 N–H and O–H groups in total. The van der Waals surface area contributed by atoms with Gasteiger partial charge >= 0.3 is 0 Å². The quantitative estimate of drug-likeness (QED) is 0.662. The Morgan fingerprint density at radius 2 is 1.60 bits per heavy atom. The number of rotatable bonds is 7. The third-order valence-electron chi connectivity index (χ3n) is 5.06. The average molecular weight is 283 g/mol. The van der Waals surface area contributed by atoms with Gasteiger partial charge in [0.25, 0.3) is 0 Å². The number of hydrogen-bond acceptors (Lipinski definition) is 2. The van der Waals surface area contributed by atoms with Crippen molar-refractivity contribution >= 4 is 0 Å². The van der Waals surface area contributed by atoms with E-state index in [1.807, 2.05) is 0 Å². The van der Waals surface area contributed by atoms with Crippen LogP contribution in [0.3, 0.4) is 0 Å². The highest BCUT2D eigenvalue weighted by atomic mass is 15.1. The van der Waals surface area contributed by atoms with Crippen LogP contribution in [0.1, 0.15) is 86.5 Å². The van der Waals surface area contributed by atoms with Crippen molar-refractivity contribution in [3.8, 4) is 0 Å². The molecule has 1 rings (SSSR count). The van der Waals surface area contributed by atoms with Crippen molar-refractivity contribution in [1.82, 2.24) is 10.6 Å². The average Bonchev–Trinajstić information content (AvgIpc) is 2.37. The van der Waals surface area contributed by atoms with E-state index in [-0.39, 0.29) is 0 Å². The Kier molecular flexibility index (Phi) is 7.53. The minimum absolute atomic E-state index is 0.321. The third kappa shape index (κ3) is 6.58. The Labute approximate surface area is 127 Å². The minimum atomic E-state index is 0.321. The maximum atomic E-state index is 3.81. The zero-order valence-electron chi connectivity index (χ0n) is 14.8. The SMILES string of the molecule is CCC(NC(C)CC1CCCCC1)NC(C)C(C)(C)C. The van der Waals surface area contributed by atoms with Gasteiger partial charge < -0.3 is 0 Å². The smallest absolute Gasteiger partial charge is 0.0573 e. The maximum Gasteiger partial charge on any atom is 0.0573 e. The second kappa shape index (κ2) is 8.38. The van der Waals surface area contributed by atoms with E-state index in [1.54, 1.807) is 0 Å². The van der Waals surface area contributed by atoms with Crippen molar-refractivity contribution in [3.05, 3.63) is 0 Å². The minimum Gasteiger partial charge on any atom is -0.299 e. The van der Waals surface area contributed by atoms with Gasteiger partial charge in [0.1, 0.15) is 0 Å². The van der Waals surface area contributed by atoms with Crippen molar-refractivity contribution in [3.63, 3.8) is 0 Å². The van der Waals surface area contributed by atoms with Gasteiger partial charge in [-0.15, -0.1) is 0 Å². The van der Waals surface area contributed by atoms with Crippen LogP contribution in [-0.4, -0.2) is 18.2 Å². The molecule has 0 bridgehead atoms. The summed E-state index contributed by atoms with van der Waals surface area (Å²) in [7, 11) is 0. The summed E-state index contributed by atoms with van der Waals surface area (Å²) in [6, 6.07) is 1.16. The fourth-order valence-corrected chi connectivity index (χ4v) is 3.17. The molecule has 3 unspecified atom stereocenters. The lowest BCUT2D eigenvalue weighted by atomic mass is 9.85. The number of nitrogens with one attached hydrogen (secondary N) is 2. The van der Waals surface area contributed by atoms with Crippen LogP contribution in [0.5, 0.6) is 0 Å². The molecule has 2 nitrogen and oxygen atoms in total. The first-order chi connectivity index (χ1) is 9.32. The van der Waals surface area contributed by atoms with Crippen molar-refractivity contribution in [2.75, 3.05) is 0 Å². The molecule has 0 spiro atoms. The van der Waals surface area contributed by atoms with Crippen molar-refractivity contribution < 1.29 is 0 Å². The normalized spacial score (nSPS) is 22.5. The van der Waals surface area contributed by atoms with Crippen LogP contribution in [0.25, 0.3) is 0 Å². The van der Waals surface area contributed by atoms with E-state index in [0.717, 1.165) is 12.3 Å². The van der Waals surface area contributed by atoms with Crippen molar-refractivity contribution in [2.24, 2.45) is 11.3 Å². The molecule has 0 aromatic rings. The summed E-state index contributed by atoms with van der Waals surface area (Å²) in [5.41, 5.74) is 0.321. The maximum absolute atomic E-state index is 3.81. The molecule has 0 amide bonds. The van der Waals surface area contributed by atoms with E-state index in [9.17, 15) is 0 Å².